The zero-order valence-corrected chi connectivity index (χ0v) is 24.9. The Kier molecular flexibility index (Phi) is 7.91. The molecular weight excluding hydrogens is 512 g/mol. The van der Waals surface area contributed by atoms with E-state index in [0.29, 0.717) is 12.3 Å². The van der Waals surface area contributed by atoms with E-state index in [9.17, 15) is 4.79 Å². The number of rotatable bonds is 7. The fraction of sp³-hybridized carbons (Fsp3) is 0.353. The van der Waals surface area contributed by atoms with Gasteiger partial charge in [0.05, 0.1) is 29.4 Å². The monoisotopic (exact) mass is 552 g/mol. The van der Waals surface area contributed by atoms with Crippen LogP contribution in [0.5, 0.6) is 5.75 Å². The number of ether oxygens (including phenoxy) is 2. The number of nitrogen functional groups attached to an aromatic ring is 1. The van der Waals surface area contributed by atoms with E-state index in [0.717, 1.165) is 64.2 Å². The second-order valence-corrected chi connectivity index (χ2v) is 11.5. The summed E-state index contributed by atoms with van der Waals surface area (Å²) >= 11 is 0. The molecule has 1 aliphatic rings. The summed E-state index contributed by atoms with van der Waals surface area (Å²) in [7, 11) is 3.31. The molecule has 41 heavy (non-hydrogen) atoms. The Hall–Kier alpha value is -4.10. The zero-order valence-electron chi connectivity index (χ0n) is 24.9. The summed E-state index contributed by atoms with van der Waals surface area (Å²) in [6.07, 6.45) is 1.81. The van der Waals surface area contributed by atoms with Crippen LogP contribution in [0.25, 0.3) is 10.9 Å². The Bertz CT molecular complexity index is 1600. The van der Waals surface area contributed by atoms with Crippen LogP contribution in [0.1, 0.15) is 53.1 Å². The molecule has 0 saturated carbocycles. The maximum Gasteiger partial charge on any atom is 0.312 e. The topological polar surface area (TPSA) is 89.7 Å². The quantitative estimate of drug-likeness (QED) is 0.208. The minimum absolute atomic E-state index is 0.255. The number of benzene rings is 3. The smallest absolute Gasteiger partial charge is 0.312 e. The van der Waals surface area contributed by atoms with Crippen LogP contribution in [-0.4, -0.2) is 43.2 Å². The molecule has 214 valence electrons. The van der Waals surface area contributed by atoms with Crippen LogP contribution in [0, 0.1) is 19.3 Å². The third-order valence-corrected chi connectivity index (χ3v) is 8.54. The molecule has 0 amide bonds. The van der Waals surface area contributed by atoms with E-state index in [1.54, 1.807) is 0 Å². The first kappa shape index (κ1) is 28.4. The van der Waals surface area contributed by atoms with Crippen molar-refractivity contribution in [2.24, 2.45) is 5.41 Å². The number of hydrogen-bond acceptors (Lipinski definition) is 7. The first-order valence-corrected chi connectivity index (χ1v) is 14.1. The van der Waals surface area contributed by atoms with Crippen molar-refractivity contribution in [1.29, 1.82) is 0 Å². The molecule has 5 rings (SSSR count). The van der Waals surface area contributed by atoms with E-state index in [-0.39, 0.29) is 11.9 Å². The molecular formula is C34H40N4O3. The molecule has 4 aromatic rings. The van der Waals surface area contributed by atoms with E-state index in [2.05, 4.69) is 64.6 Å². The molecule has 0 fully saturated rings. The summed E-state index contributed by atoms with van der Waals surface area (Å²) in [4.78, 5) is 20.1. The first-order chi connectivity index (χ1) is 19.6. The van der Waals surface area contributed by atoms with Gasteiger partial charge >= 0.3 is 5.97 Å². The standard InChI is InChI=1S/C34H40N4O3/c1-21-9-10-23(30(34(3,4)33(39)40-6)26-12-14-29(36-5)31(35)22(26)2)18-25(21)20-38-16-17-41-32-24(19-38)11-13-28-27(32)8-7-15-37-28/h7-15,18,30,36H,16-17,19-20,35H2,1-6H3. The number of anilines is 2. The van der Waals surface area contributed by atoms with Crippen molar-refractivity contribution in [3.8, 4) is 5.75 Å². The van der Waals surface area contributed by atoms with Crippen molar-refractivity contribution in [2.75, 3.05) is 38.4 Å². The molecule has 7 nitrogen and oxygen atoms in total. The minimum Gasteiger partial charge on any atom is -0.491 e. The average Bonchev–Trinajstić information content (AvgIpc) is 3.18. The highest BCUT2D eigenvalue weighted by atomic mass is 16.5. The van der Waals surface area contributed by atoms with Gasteiger partial charge in [-0.3, -0.25) is 14.7 Å². The number of hydrogen-bond donors (Lipinski definition) is 2. The number of esters is 1. The van der Waals surface area contributed by atoms with Gasteiger partial charge in [-0.25, -0.2) is 0 Å². The third kappa shape index (κ3) is 5.34. The lowest BCUT2D eigenvalue weighted by Crippen LogP contribution is -2.34. The van der Waals surface area contributed by atoms with Crippen molar-refractivity contribution < 1.29 is 14.3 Å². The molecule has 0 bridgehead atoms. The number of nitrogens with two attached hydrogens (primary N) is 1. The Balaban J connectivity index is 1.52. The van der Waals surface area contributed by atoms with Gasteiger partial charge < -0.3 is 20.5 Å². The molecule has 0 spiro atoms. The maximum atomic E-state index is 13.2. The van der Waals surface area contributed by atoms with Gasteiger partial charge in [-0.05, 0) is 79.8 Å². The molecule has 0 aliphatic carbocycles. The van der Waals surface area contributed by atoms with Gasteiger partial charge in [-0.1, -0.05) is 30.3 Å². The molecule has 3 aromatic carbocycles. The fourth-order valence-corrected chi connectivity index (χ4v) is 6.12. The molecule has 2 heterocycles. The Morgan fingerprint density at radius 1 is 1.17 bits per heavy atom. The number of methoxy groups -OCH3 is 1. The Morgan fingerprint density at radius 2 is 1.98 bits per heavy atom. The van der Waals surface area contributed by atoms with Crippen molar-refractivity contribution in [3.63, 3.8) is 0 Å². The van der Waals surface area contributed by atoms with Crippen LogP contribution in [-0.2, 0) is 22.6 Å². The second-order valence-electron chi connectivity index (χ2n) is 11.5. The fourth-order valence-electron chi connectivity index (χ4n) is 6.12. The van der Waals surface area contributed by atoms with Crippen molar-refractivity contribution >= 4 is 28.2 Å². The van der Waals surface area contributed by atoms with Crippen LogP contribution >= 0.6 is 0 Å². The van der Waals surface area contributed by atoms with E-state index < -0.39 is 5.41 Å². The van der Waals surface area contributed by atoms with Gasteiger partial charge in [-0.2, -0.15) is 0 Å². The van der Waals surface area contributed by atoms with Gasteiger partial charge in [0.2, 0.25) is 0 Å². The number of nitrogens with one attached hydrogen (secondary N) is 1. The average molecular weight is 553 g/mol. The predicted molar refractivity (Wildman–Crippen MR) is 165 cm³/mol. The number of carbonyl (C=O) groups is 1. The predicted octanol–water partition coefficient (Wildman–Crippen LogP) is 6.20. The molecule has 0 radical (unpaired) electrons. The molecule has 0 saturated heterocycles. The van der Waals surface area contributed by atoms with Crippen molar-refractivity contribution in [1.82, 2.24) is 9.88 Å². The lowest BCUT2D eigenvalue weighted by molar-refractivity contribution is -0.151. The third-order valence-electron chi connectivity index (χ3n) is 8.54. The number of carbonyl (C=O) groups excluding carboxylic acids is 1. The van der Waals surface area contributed by atoms with Crippen LogP contribution < -0.4 is 15.8 Å². The summed E-state index contributed by atoms with van der Waals surface area (Å²) in [5, 5.41) is 4.22. The number of aryl methyl sites for hydroxylation is 1. The van der Waals surface area contributed by atoms with E-state index >= 15 is 0 Å². The molecule has 7 heteroatoms. The highest BCUT2D eigenvalue weighted by molar-refractivity contribution is 5.86. The normalized spacial score (nSPS) is 14.6. The van der Waals surface area contributed by atoms with E-state index in [1.807, 2.05) is 46.1 Å². The molecule has 1 unspecified atom stereocenters. The lowest BCUT2D eigenvalue weighted by atomic mass is 9.69. The maximum absolute atomic E-state index is 13.2. The second kappa shape index (κ2) is 11.4. The van der Waals surface area contributed by atoms with Gasteiger partial charge in [0.15, 0.2) is 0 Å². The summed E-state index contributed by atoms with van der Waals surface area (Å²) in [5.74, 6) is 0.416. The first-order valence-electron chi connectivity index (χ1n) is 14.1. The van der Waals surface area contributed by atoms with E-state index in [1.165, 1.54) is 18.2 Å². The van der Waals surface area contributed by atoms with Crippen LogP contribution in [0.2, 0.25) is 0 Å². The number of aromatic nitrogens is 1. The molecule has 1 aromatic heterocycles. The van der Waals surface area contributed by atoms with Gasteiger partial charge in [0.25, 0.3) is 0 Å². The SMILES string of the molecule is CNc1ccc(C(c2ccc(C)c(CN3CCOc4c(ccc5ncccc45)C3)c2)C(C)(C)C(=O)OC)c(C)c1N. The number of nitrogens with zero attached hydrogens (tertiary/aromatic N) is 2. The van der Waals surface area contributed by atoms with Crippen molar-refractivity contribution in [2.45, 2.75) is 46.7 Å². The number of pyridine rings is 1. The van der Waals surface area contributed by atoms with Crippen LogP contribution in [0.4, 0.5) is 11.4 Å². The zero-order chi connectivity index (χ0) is 29.3. The largest absolute Gasteiger partial charge is 0.491 e. The van der Waals surface area contributed by atoms with Crippen LogP contribution in [0.15, 0.2) is 60.8 Å². The summed E-state index contributed by atoms with van der Waals surface area (Å²) in [6.45, 7) is 11.0. The molecule has 1 aliphatic heterocycles. The van der Waals surface area contributed by atoms with Crippen LogP contribution in [0.3, 0.4) is 0 Å². The highest BCUT2D eigenvalue weighted by Gasteiger charge is 2.41. The Morgan fingerprint density at radius 3 is 2.73 bits per heavy atom. The molecule has 3 N–H and O–H groups in total. The summed E-state index contributed by atoms with van der Waals surface area (Å²) in [6, 6.07) is 18.8. The van der Waals surface area contributed by atoms with Gasteiger partial charge in [0, 0.05) is 49.7 Å². The lowest BCUT2D eigenvalue weighted by Gasteiger charge is -2.34. The summed E-state index contributed by atoms with van der Waals surface area (Å²) < 4.78 is 11.6. The van der Waals surface area contributed by atoms with E-state index in [4.69, 9.17) is 15.2 Å². The van der Waals surface area contributed by atoms with Gasteiger partial charge in [-0.15, -0.1) is 0 Å². The minimum atomic E-state index is -0.829. The Labute approximate surface area is 242 Å². The van der Waals surface area contributed by atoms with Crippen molar-refractivity contribution in [3.05, 3.63) is 94.2 Å². The molecule has 1 atom stereocenters. The number of fused-ring (bicyclic) bond motifs is 3. The summed E-state index contributed by atoms with van der Waals surface area (Å²) in [5.41, 5.74) is 14.8. The van der Waals surface area contributed by atoms with Gasteiger partial charge in [0.1, 0.15) is 12.4 Å². The highest BCUT2D eigenvalue weighted by Crippen LogP contribution is 2.45.